The van der Waals surface area contributed by atoms with Crippen LogP contribution in [0.15, 0.2) is 0 Å². The Hall–Kier alpha value is 0.780. The van der Waals surface area contributed by atoms with E-state index in [1.165, 1.54) is 0 Å². The quantitative estimate of drug-likeness (QED) is 0.597. The van der Waals surface area contributed by atoms with Gasteiger partial charge in [0.1, 0.15) is 0 Å². The summed E-state index contributed by atoms with van der Waals surface area (Å²) in [6.07, 6.45) is 0. The first kappa shape index (κ1) is 7.78. The maximum atomic E-state index is 8.33. The van der Waals surface area contributed by atoms with Crippen LogP contribution in [-0.4, -0.2) is 24.6 Å². The van der Waals surface area contributed by atoms with Gasteiger partial charge in [-0.05, 0) is 6.66 Å². The highest BCUT2D eigenvalue weighted by molar-refractivity contribution is 7.62. The summed E-state index contributed by atoms with van der Waals surface area (Å²) in [5, 5.41) is 0. The first-order valence-electron chi connectivity index (χ1n) is 1.93. The SMILES string of the molecule is COP(C)CPO. The van der Waals surface area contributed by atoms with Crippen molar-refractivity contribution in [2.75, 3.05) is 19.7 Å². The fourth-order valence-electron chi connectivity index (χ4n) is 0.164. The summed E-state index contributed by atoms with van der Waals surface area (Å²) in [6, 6.07) is 0. The molecular weight excluding hydrogens is 130 g/mol. The number of rotatable bonds is 3. The van der Waals surface area contributed by atoms with E-state index in [-0.39, 0.29) is 17.0 Å². The fourth-order valence-corrected chi connectivity index (χ4v) is 1.48. The van der Waals surface area contributed by atoms with Crippen LogP contribution in [0.4, 0.5) is 0 Å². The lowest BCUT2D eigenvalue weighted by Gasteiger charge is -2.03. The standard InChI is InChI=1S/C3H10O2P2/c1-5-7(2)3-6-4/h4,6H,3H2,1-2H3. The average Bonchev–Trinajstić information content (AvgIpc) is 1.68. The Labute approximate surface area is 47.0 Å². The normalized spacial score (nSPS) is 15.9. The molecular formula is C3H10O2P2. The Morgan fingerprint density at radius 2 is 2.43 bits per heavy atom. The molecule has 0 spiro atoms. The maximum Gasteiger partial charge on any atom is 0.0398 e. The predicted molar refractivity (Wildman–Crippen MR) is 35.3 cm³/mol. The van der Waals surface area contributed by atoms with Crippen molar-refractivity contribution < 1.29 is 9.42 Å². The highest BCUT2D eigenvalue weighted by atomic mass is 31.2. The molecule has 0 aliphatic carbocycles. The summed E-state index contributed by atoms with van der Waals surface area (Å²) in [6.45, 7) is 2.00. The van der Waals surface area contributed by atoms with Gasteiger partial charge in [-0.2, -0.15) is 0 Å². The van der Waals surface area contributed by atoms with E-state index < -0.39 is 0 Å². The van der Waals surface area contributed by atoms with Crippen molar-refractivity contribution in [1.82, 2.24) is 0 Å². The van der Waals surface area contributed by atoms with E-state index in [1.54, 1.807) is 7.11 Å². The summed E-state index contributed by atoms with van der Waals surface area (Å²) in [7, 11) is 1.41. The zero-order valence-corrected chi connectivity index (χ0v) is 6.40. The molecule has 0 fully saturated rings. The van der Waals surface area contributed by atoms with Gasteiger partial charge in [-0.15, -0.1) is 0 Å². The molecule has 1 N–H and O–H groups in total. The zero-order valence-electron chi connectivity index (χ0n) is 4.51. The van der Waals surface area contributed by atoms with Gasteiger partial charge in [0, 0.05) is 30.0 Å². The Balaban J connectivity index is 2.83. The van der Waals surface area contributed by atoms with Crippen LogP contribution in [-0.2, 0) is 4.52 Å². The van der Waals surface area contributed by atoms with Crippen LogP contribution in [0.1, 0.15) is 0 Å². The predicted octanol–water partition coefficient (Wildman–Crippen LogP) is 1.20. The van der Waals surface area contributed by atoms with Crippen LogP contribution >= 0.6 is 17.0 Å². The Kier molecular flexibility index (Phi) is 5.48. The molecule has 44 valence electrons. The first-order valence-corrected chi connectivity index (χ1v) is 4.98. The molecule has 2 atom stereocenters. The Morgan fingerprint density at radius 3 is 2.57 bits per heavy atom. The minimum Gasteiger partial charge on any atom is -0.377 e. The second kappa shape index (κ2) is 4.93. The molecule has 0 saturated carbocycles. The smallest absolute Gasteiger partial charge is 0.0398 e. The topological polar surface area (TPSA) is 29.5 Å². The van der Waals surface area contributed by atoms with Gasteiger partial charge in [0.15, 0.2) is 0 Å². The average molecular weight is 140 g/mol. The summed E-state index contributed by atoms with van der Waals surface area (Å²) in [5.41, 5.74) is 0. The molecule has 0 amide bonds. The van der Waals surface area contributed by atoms with Gasteiger partial charge in [0.2, 0.25) is 0 Å². The molecule has 0 aliphatic heterocycles. The van der Waals surface area contributed by atoms with Crippen LogP contribution in [0.5, 0.6) is 0 Å². The molecule has 0 aromatic rings. The lowest BCUT2D eigenvalue weighted by atomic mass is 11.8. The summed E-state index contributed by atoms with van der Waals surface area (Å²) in [5.74, 6) is 0.825. The molecule has 0 heterocycles. The van der Waals surface area contributed by atoms with Gasteiger partial charge in [0.25, 0.3) is 0 Å². The van der Waals surface area contributed by atoms with Crippen LogP contribution in [0.2, 0.25) is 0 Å². The zero-order chi connectivity index (χ0) is 5.70. The van der Waals surface area contributed by atoms with E-state index in [0.717, 1.165) is 5.90 Å². The second-order valence-electron chi connectivity index (χ2n) is 1.13. The monoisotopic (exact) mass is 140 g/mol. The molecule has 4 heteroatoms. The minimum absolute atomic E-state index is 0.0487. The van der Waals surface area contributed by atoms with E-state index in [2.05, 4.69) is 0 Å². The Morgan fingerprint density at radius 1 is 1.86 bits per heavy atom. The van der Waals surface area contributed by atoms with Crippen LogP contribution in [0.25, 0.3) is 0 Å². The third-order valence-corrected chi connectivity index (χ3v) is 3.58. The van der Waals surface area contributed by atoms with Crippen molar-refractivity contribution in [3.8, 4) is 0 Å². The van der Waals surface area contributed by atoms with Gasteiger partial charge in [-0.3, -0.25) is 0 Å². The van der Waals surface area contributed by atoms with Crippen molar-refractivity contribution in [3.05, 3.63) is 0 Å². The van der Waals surface area contributed by atoms with E-state index in [9.17, 15) is 0 Å². The lowest BCUT2D eigenvalue weighted by molar-refractivity contribution is 0.467. The molecule has 0 aromatic heterocycles. The molecule has 0 bridgehead atoms. The lowest BCUT2D eigenvalue weighted by Crippen LogP contribution is -1.74. The second-order valence-corrected chi connectivity index (χ2v) is 4.33. The molecule has 0 rings (SSSR count). The minimum atomic E-state index is -0.316. The highest BCUT2D eigenvalue weighted by Gasteiger charge is 1.93. The Bertz CT molecular complexity index is 41.9. The summed E-state index contributed by atoms with van der Waals surface area (Å²) in [4.78, 5) is 8.33. The number of hydrogen-bond acceptors (Lipinski definition) is 2. The molecule has 0 saturated heterocycles. The van der Waals surface area contributed by atoms with Gasteiger partial charge in [0.05, 0.1) is 0 Å². The summed E-state index contributed by atoms with van der Waals surface area (Å²) >= 11 is 0. The van der Waals surface area contributed by atoms with Crippen molar-refractivity contribution >= 4 is 17.0 Å². The van der Waals surface area contributed by atoms with Crippen molar-refractivity contribution in [3.63, 3.8) is 0 Å². The van der Waals surface area contributed by atoms with Gasteiger partial charge in [-0.25, -0.2) is 0 Å². The van der Waals surface area contributed by atoms with Crippen molar-refractivity contribution in [2.45, 2.75) is 0 Å². The fraction of sp³-hybridized carbons (Fsp3) is 1.00. The maximum absolute atomic E-state index is 8.33. The van der Waals surface area contributed by atoms with Crippen LogP contribution < -0.4 is 0 Å². The van der Waals surface area contributed by atoms with Gasteiger partial charge >= 0.3 is 0 Å². The molecule has 0 aliphatic rings. The first-order chi connectivity index (χ1) is 3.31. The van der Waals surface area contributed by atoms with Crippen molar-refractivity contribution in [2.24, 2.45) is 0 Å². The molecule has 2 unspecified atom stereocenters. The summed E-state index contributed by atoms with van der Waals surface area (Å²) < 4.78 is 4.90. The van der Waals surface area contributed by atoms with E-state index in [4.69, 9.17) is 9.42 Å². The van der Waals surface area contributed by atoms with Gasteiger partial charge in [-0.1, -0.05) is 0 Å². The van der Waals surface area contributed by atoms with Crippen LogP contribution in [0.3, 0.4) is 0 Å². The van der Waals surface area contributed by atoms with Crippen molar-refractivity contribution in [1.29, 1.82) is 0 Å². The van der Waals surface area contributed by atoms with Gasteiger partial charge < -0.3 is 9.42 Å². The van der Waals surface area contributed by atoms with E-state index in [0.29, 0.717) is 0 Å². The van der Waals surface area contributed by atoms with Crippen LogP contribution in [0, 0.1) is 0 Å². The number of hydrogen-bond donors (Lipinski definition) is 1. The molecule has 0 aromatic carbocycles. The molecule has 0 radical (unpaired) electrons. The third kappa shape index (κ3) is 4.64. The molecule has 2 nitrogen and oxygen atoms in total. The third-order valence-electron chi connectivity index (χ3n) is 0.605. The largest absolute Gasteiger partial charge is 0.377 e. The van der Waals surface area contributed by atoms with E-state index in [1.807, 2.05) is 6.66 Å². The van der Waals surface area contributed by atoms with E-state index >= 15 is 0 Å². The molecule has 7 heavy (non-hydrogen) atoms. The highest BCUT2D eigenvalue weighted by Crippen LogP contribution is 2.35.